The maximum Gasteiger partial charge on any atom is 0.00110 e. The minimum atomic E-state index is 0.529. The van der Waals surface area contributed by atoms with Gasteiger partial charge >= 0.3 is 0 Å². The second-order valence-corrected chi connectivity index (χ2v) is 5.99. The first kappa shape index (κ1) is 13.6. The van der Waals surface area contributed by atoms with Gasteiger partial charge in [0.1, 0.15) is 0 Å². The molecule has 0 amide bonds. The lowest BCUT2D eigenvalue weighted by Crippen LogP contribution is -2.34. The van der Waals surface area contributed by atoms with Crippen LogP contribution < -0.4 is 5.32 Å². The topological polar surface area (TPSA) is 12.0 Å². The Balaban J connectivity index is 2.04. The average molecular weight is 245 g/mol. The number of benzene rings is 1. The van der Waals surface area contributed by atoms with Crippen LogP contribution in [0.2, 0.25) is 0 Å². The zero-order valence-electron chi connectivity index (χ0n) is 12.0. The molecule has 100 valence electrons. The minimum absolute atomic E-state index is 0.529. The monoisotopic (exact) mass is 245 g/mol. The molecular weight excluding hydrogens is 218 g/mol. The molecule has 1 fully saturated rings. The average Bonchev–Trinajstić information content (AvgIpc) is 2.82. The third kappa shape index (κ3) is 3.35. The molecule has 1 nitrogen and oxygen atoms in total. The van der Waals surface area contributed by atoms with E-state index < -0.39 is 0 Å². The van der Waals surface area contributed by atoms with E-state index in [9.17, 15) is 0 Å². The number of aryl methyl sites for hydroxylation is 1. The van der Waals surface area contributed by atoms with Gasteiger partial charge in [-0.1, -0.05) is 44.0 Å². The molecule has 1 N–H and O–H groups in total. The van der Waals surface area contributed by atoms with Crippen LogP contribution in [0.5, 0.6) is 0 Å². The van der Waals surface area contributed by atoms with Gasteiger partial charge in [0, 0.05) is 6.54 Å². The van der Waals surface area contributed by atoms with Gasteiger partial charge in [-0.25, -0.2) is 0 Å². The predicted molar refractivity (Wildman–Crippen MR) is 78.9 cm³/mol. The highest BCUT2D eigenvalue weighted by Gasteiger charge is 2.33. The van der Waals surface area contributed by atoms with Gasteiger partial charge in [0.25, 0.3) is 0 Å². The summed E-state index contributed by atoms with van der Waals surface area (Å²) >= 11 is 0. The Morgan fingerprint density at radius 3 is 2.56 bits per heavy atom. The smallest absolute Gasteiger partial charge is 0.00110 e. The van der Waals surface area contributed by atoms with E-state index in [1.54, 1.807) is 5.56 Å². The SMILES string of the molecule is CCCNCC1(Cc2ccccc2C)CCCC1. The van der Waals surface area contributed by atoms with E-state index in [1.165, 1.54) is 50.6 Å². The Morgan fingerprint density at radius 2 is 1.89 bits per heavy atom. The van der Waals surface area contributed by atoms with Crippen LogP contribution in [0.15, 0.2) is 24.3 Å². The van der Waals surface area contributed by atoms with E-state index >= 15 is 0 Å². The molecule has 0 radical (unpaired) electrons. The lowest BCUT2D eigenvalue weighted by molar-refractivity contribution is 0.278. The van der Waals surface area contributed by atoms with Crippen molar-refractivity contribution < 1.29 is 0 Å². The van der Waals surface area contributed by atoms with Crippen molar-refractivity contribution in [2.24, 2.45) is 5.41 Å². The number of hydrogen-bond acceptors (Lipinski definition) is 1. The molecule has 1 aromatic carbocycles. The van der Waals surface area contributed by atoms with Crippen LogP contribution >= 0.6 is 0 Å². The Labute approximate surface area is 112 Å². The van der Waals surface area contributed by atoms with Crippen LogP contribution in [-0.4, -0.2) is 13.1 Å². The molecule has 0 spiro atoms. The van der Waals surface area contributed by atoms with Crippen LogP contribution in [0.4, 0.5) is 0 Å². The summed E-state index contributed by atoms with van der Waals surface area (Å²) in [4.78, 5) is 0. The Kier molecular flexibility index (Phi) is 4.82. The highest BCUT2D eigenvalue weighted by Crippen LogP contribution is 2.40. The zero-order chi connectivity index (χ0) is 12.8. The van der Waals surface area contributed by atoms with Gasteiger partial charge in [-0.15, -0.1) is 0 Å². The molecule has 0 aromatic heterocycles. The van der Waals surface area contributed by atoms with Crippen molar-refractivity contribution in [3.8, 4) is 0 Å². The fourth-order valence-corrected chi connectivity index (χ4v) is 3.28. The molecule has 1 saturated carbocycles. The quantitative estimate of drug-likeness (QED) is 0.744. The van der Waals surface area contributed by atoms with Gasteiger partial charge in [0.15, 0.2) is 0 Å². The first-order valence-electron chi connectivity index (χ1n) is 7.51. The fourth-order valence-electron chi connectivity index (χ4n) is 3.28. The Morgan fingerprint density at radius 1 is 1.17 bits per heavy atom. The molecule has 0 atom stereocenters. The lowest BCUT2D eigenvalue weighted by atomic mass is 9.79. The molecule has 0 aliphatic heterocycles. The van der Waals surface area contributed by atoms with Crippen LogP contribution in [0, 0.1) is 12.3 Å². The summed E-state index contributed by atoms with van der Waals surface area (Å²) in [5.74, 6) is 0. The van der Waals surface area contributed by atoms with Crippen molar-refractivity contribution in [1.82, 2.24) is 5.32 Å². The van der Waals surface area contributed by atoms with Gasteiger partial charge in [0.2, 0.25) is 0 Å². The van der Waals surface area contributed by atoms with Crippen LogP contribution in [0.3, 0.4) is 0 Å². The number of rotatable bonds is 6. The van der Waals surface area contributed by atoms with Gasteiger partial charge in [-0.2, -0.15) is 0 Å². The van der Waals surface area contributed by atoms with Gasteiger partial charge in [-0.3, -0.25) is 0 Å². The zero-order valence-corrected chi connectivity index (χ0v) is 12.0. The second kappa shape index (κ2) is 6.38. The summed E-state index contributed by atoms with van der Waals surface area (Å²) in [5, 5.41) is 3.66. The van der Waals surface area contributed by atoms with E-state index in [0.717, 1.165) is 6.54 Å². The molecule has 0 saturated heterocycles. The number of hydrogen-bond donors (Lipinski definition) is 1. The maximum absolute atomic E-state index is 3.66. The predicted octanol–water partition coefficient (Wildman–Crippen LogP) is 4.10. The van der Waals surface area contributed by atoms with Crippen molar-refractivity contribution in [1.29, 1.82) is 0 Å². The van der Waals surface area contributed by atoms with Crippen LogP contribution in [0.1, 0.15) is 50.2 Å². The largest absolute Gasteiger partial charge is 0.316 e. The van der Waals surface area contributed by atoms with E-state index in [2.05, 4.69) is 43.4 Å². The second-order valence-electron chi connectivity index (χ2n) is 5.99. The molecular formula is C17H27N. The van der Waals surface area contributed by atoms with E-state index in [4.69, 9.17) is 0 Å². The summed E-state index contributed by atoms with van der Waals surface area (Å²) in [6, 6.07) is 8.90. The Hall–Kier alpha value is -0.820. The standard InChI is InChI=1S/C17H27N/c1-3-12-18-14-17(10-6-7-11-17)13-16-9-5-4-8-15(16)2/h4-5,8-9,18H,3,6-7,10-14H2,1-2H3. The summed E-state index contributed by atoms with van der Waals surface area (Å²) in [7, 11) is 0. The van der Waals surface area contributed by atoms with Gasteiger partial charge < -0.3 is 5.32 Å². The van der Waals surface area contributed by atoms with E-state index in [0.29, 0.717) is 5.41 Å². The lowest BCUT2D eigenvalue weighted by Gasteiger charge is -2.30. The first-order chi connectivity index (χ1) is 8.76. The highest BCUT2D eigenvalue weighted by atomic mass is 14.9. The molecule has 0 unspecified atom stereocenters. The molecule has 2 rings (SSSR count). The minimum Gasteiger partial charge on any atom is -0.316 e. The molecule has 1 heteroatoms. The third-order valence-corrected chi connectivity index (χ3v) is 4.42. The third-order valence-electron chi connectivity index (χ3n) is 4.42. The highest BCUT2D eigenvalue weighted by molar-refractivity contribution is 5.27. The van der Waals surface area contributed by atoms with Crippen molar-refractivity contribution in [3.05, 3.63) is 35.4 Å². The molecule has 0 bridgehead atoms. The fraction of sp³-hybridized carbons (Fsp3) is 0.647. The van der Waals surface area contributed by atoms with Crippen molar-refractivity contribution in [2.75, 3.05) is 13.1 Å². The van der Waals surface area contributed by atoms with Crippen LogP contribution in [-0.2, 0) is 6.42 Å². The van der Waals surface area contributed by atoms with E-state index in [1.807, 2.05) is 0 Å². The molecule has 1 aromatic rings. The van der Waals surface area contributed by atoms with Crippen molar-refractivity contribution in [2.45, 2.75) is 52.4 Å². The van der Waals surface area contributed by atoms with Gasteiger partial charge in [-0.05, 0) is 55.7 Å². The summed E-state index contributed by atoms with van der Waals surface area (Å²) < 4.78 is 0. The molecule has 1 aliphatic rings. The molecule has 1 aliphatic carbocycles. The van der Waals surface area contributed by atoms with Crippen molar-refractivity contribution >= 4 is 0 Å². The van der Waals surface area contributed by atoms with Crippen molar-refractivity contribution in [3.63, 3.8) is 0 Å². The molecule has 0 heterocycles. The van der Waals surface area contributed by atoms with Gasteiger partial charge in [0.05, 0.1) is 0 Å². The van der Waals surface area contributed by atoms with E-state index in [-0.39, 0.29) is 0 Å². The normalized spacial score (nSPS) is 18.1. The van der Waals surface area contributed by atoms with Crippen LogP contribution in [0.25, 0.3) is 0 Å². The summed E-state index contributed by atoms with van der Waals surface area (Å²) in [6.45, 7) is 6.86. The summed E-state index contributed by atoms with van der Waals surface area (Å²) in [5.41, 5.74) is 3.54. The Bertz CT molecular complexity index is 364. The first-order valence-corrected chi connectivity index (χ1v) is 7.51. The summed E-state index contributed by atoms with van der Waals surface area (Å²) in [6.07, 6.45) is 8.13. The number of nitrogens with one attached hydrogen (secondary N) is 1. The maximum atomic E-state index is 3.66. The molecule has 18 heavy (non-hydrogen) atoms.